The van der Waals surface area contributed by atoms with Crippen LogP contribution in [-0.2, 0) is 0 Å². The summed E-state index contributed by atoms with van der Waals surface area (Å²) in [6.45, 7) is 0.423. The molecule has 3 rings (SSSR count). The van der Waals surface area contributed by atoms with Crippen molar-refractivity contribution in [3.8, 4) is 17.2 Å². The molecule has 1 aliphatic rings. The van der Waals surface area contributed by atoms with E-state index in [-0.39, 0.29) is 11.8 Å². The summed E-state index contributed by atoms with van der Waals surface area (Å²) < 4.78 is 15.3. The first-order valence-electron chi connectivity index (χ1n) is 8.05. The van der Waals surface area contributed by atoms with Crippen molar-refractivity contribution in [1.29, 1.82) is 0 Å². The molecule has 1 heterocycles. The van der Waals surface area contributed by atoms with Crippen molar-refractivity contribution in [3.05, 3.63) is 47.5 Å². The number of carbonyl (C=O) groups is 2. The second-order valence-electron chi connectivity index (χ2n) is 5.46. The van der Waals surface area contributed by atoms with E-state index in [0.29, 0.717) is 45.9 Å². The lowest BCUT2D eigenvalue weighted by atomic mass is 10.1. The number of amides is 2. The van der Waals surface area contributed by atoms with Crippen molar-refractivity contribution < 1.29 is 23.8 Å². The van der Waals surface area contributed by atoms with Crippen molar-refractivity contribution in [2.24, 2.45) is 0 Å². The van der Waals surface area contributed by atoms with Crippen molar-refractivity contribution in [1.82, 2.24) is 4.90 Å². The molecule has 2 aromatic rings. The van der Waals surface area contributed by atoms with Crippen LogP contribution in [0.3, 0.4) is 0 Å². The standard InChI is InChI=1S/C10H8BrNO2.C9H13NO3/c11-5-6-12-9(13)7-3-1-2-4-8(7)10(12)14;1-11-7-4-6(10)5-8(12-2)9(7)13-3/h1-4H,5-6H2;4-5H,10H2,1-3H3. The van der Waals surface area contributed by atoms with Crippen LogP contribution < -0.4 is 19.9 Å². The van der Waals surface area contributed by atoms with Gasteiger partial charge < -0.3 is 19.9 Å². The zero-order valence-electron chi connectivity index (χ0n) is 15.3. The fraction of sp³-hybridized carbons (Fsp3) is 0.263. The Hall–Kier alpha value is -2.74. The Balaban J connectivity index is 0.000000194. The number of nitrogen functional groups attached to an aromatic ring is 1. The van der Waals surface area contributed by atoms with Crippen LogP contribution in [0.4, 0.5) is 5.69 Å². The number of carbonyl (C=O) groups excluding carboxylic acids is 2. The van der Waals surface area contributed by atoms with Crippen LogP contribution in [0.15, 0.2) is 36.4 Å². The maximum absolute atomic E-state index is 11.7. The Bertz CT molecular complexity index is 781. The fourth-order valence-corrected chi connectivity index (χ4v) is 2.98. The smallest absolute Gasteiger partial charge is 0.261 e. The third-order valence-corrected chi connectivity index (χ3v) is 4.23. The molecule has 2 amide bonds. The summed E-state index contributed by atoms with van der Waals surface area (Å²) >= 11 is 3.21. The molecule has 0 spiro atoms. The quantitative estimate of drug-likeness (QED) is 0.440. The van der Waals surface area contributed by atoms with Gasteiger partial charge in [-0.05, 0) is 12.1 Å². The molecule has 0 radical (unpaired) electrons. The minimum absolute atomic E-state index is 0.190. The van der Waals surface area contributed by atoms with Gasteiger partial charge in [0.2, 0.25) is 5.75 Å². The highest BCUT2D eigenvalue weighted by Crippen LogP contribution is 2.38. The van der Waals surface area contributed by atoms with Crippen LogP contribution in [0.5, 0.6) is 17.2 Å². The van der Waals surface area contributed by atoms with E-state index in [2.05, 4.69) is 15.9 Å². The van der Waals surface area contributed by atoms with Crippen LogP contribution in [0.2, 0.25) is 0 Å². The average molecular weight is 437 g/mol. The van der Waals surface area contributed by atoms with Crippen molar-refractivity contribution in [2.45, 2.75) is 0 Å². The third kappa shape index (κ3) is 4.33. The predicted molar refractivity (Wildman–Crippen MR) is 106 cm³/mol. The molecule has 27 heavy (non-hydrogen) atoms. The van der Waals surface area contributed by atoms with Crippen LogP contribution in [0.1, 0.15) is 20.7 Å². The van der Waals surface area contributed by atoms with Crippen LogP contribution in [-0.4, -0.2) is 49.9 Å². The highest BCUT2D eigenvalue weighted by atomic mass is 79.9. The zero-order valence-corrected chi connectivity index (χ0v) is 16.9. The molecule has 0 atom stereocenters. The molecular formula is C19H21BrN2O5. The normalized spacial score (nSPS) is 12.2. The van der Waals surface area contributed by atoms with Crippen LogP contribution in [0.25, 0.3) is 0 Å². The number of methoxy groups -OCH3 is 3. The van der Waals surface area contributed by atoms with Gasteiger partial charge in [-0.2, -0.15) is 0 Å². The third-order valence-electron chi connectivity index (χ3n) is 3.87. The Kier molecular flexibility index (Phi) is 7.06. The van der Waals surface area contributed by atoms with E-state index in [1.807, 2.05) is 0 Å². The van der Waals surface area contributed by atoms with E-state index in [1.54, 1.807) is 57.7 Å². The number of fused-ring (bicyclic) bond motifs is 1. The van der Waals surface area contributed by atoms with Crippen LogP contribution >= 0.6 is 15.9 Å². The average Bonchev–Trinajstić information content (AvgIpc) is 2.93. The van der Waals surface area contributed by atoms with Gasteiger partial charge in [0.25, 0.3) is 11.8 Å². The maximum Gasteiger partial charge on any atom is 0.261 e. The summed E-state index contributed by atoms with van der Waals surface area (Å²) in [4.78, 5) is 24.6. The van der Waals surface area contributed by atoms with Gasteiger partial charge >= 0.3 is 0 Å². The molecule has 1 aliphatic heterocycles. The number of alkyl halides is 1. The molecule has 144 valence electrons. The van der Waals surface area contributed by atoms with Crippen molar-refractivity contribution in [2.75, 3.05) is 38.9 Å². The topological polar surface area (TPSA) is 91.1 Å². The molecule has 7 nitrogen and oxygen atoms in total. The Morgan fingerprint density at radius 1 is 0.926 bits per heavy atom. The zero-order chi connectivity index (χ0) is 20.0. The summed E-state index contributed by atoms with van der Waals surface area (Å²) in [7, 11) is 4.66. The largest absolute Gasteiger partial charge is 0.493 e. The molecular weight excluding hydrogens is 416 g/mol. The monoisotopic (exact) mass is 436 g/mol. The Labute approximate surface area is 166 Å². The Morgan fingerprint density at radius 3 is 1.78 bits per heavy atom. The van der Waals surface area contributed by atoms with Gasteiger partial charge in [-0.15, -0.1) is 0 Å². The van der Waals surface area contributed by atoms with Gasteiger partial charge in [-0.3, -0.25) is 14.5 Å². The molecule has 2 N–H and O–H groups in total. The highest BCUT2D eigenvalue weighted by Gasteiger charge is 2.34. The lowest BCUT2D eigenvalue weighted by Crippen LogP contribution is -2.31. The van der Waals surface area contributed by atoms with Gasteiger partial charge in [0.15, 0.2) is 11.5 Å². The molecule has 0 fully saturated rings. The first-order valence-corrected chi connectivity index (χ1v) is 9.17. The minimum atomic E-state index is -0.190. The minimum Gasteiger partial charge on any atom is -0.493 e. The van der Waals surface area contributed by atoms with E-state index in [1.165, 1.54) is 4.90 Å². The Morgan fingerprint density at radius 2 is 1.41 bits per heavy atom. The van der Waals surface area contributed by atoms with E-state index in [9.17, 15) is 9.59 Å². The first kappa shape index (κ1) is 20.6. The van der Waals surface area contributed by atoms with Gasteiger partial charge in [-0.25, -0.2) is 0 Å². The number of hydrogen-bond acceptors (Lipinski definition) is 6. The fourth-order valence-electron chi connectivity index (χ4n) is 2.63. The molecule has 0 aromatic heterocycles. The number of nitrogens with zero attached hydrogens (tertiary/aromatic N) is 1. The van der Waals surface area contributed by atoms with Gasteiger partial charge in [0.05, 0.1) is 32.5 Å². The second-order valence-corrected chi connectivity index (χ2v) is 6.25. The van der Waals surface area contributed by atoms with Gasteiger partial charge in [-0.1, -0.05) is 28.1 Å². The summed E-state index contributed by atoms with van der Waals surface area (Å²) in [6, 6.07) is 10.3. The highest BCUT2D eigenvalue weighted by molar-refractivity contribution is 9.09. The summed E-state index contributed by atoms with van der Waals surface area (Å²) in [6.07, 6.45) is 0. The SMILES string of the molecule is COc1cc(N)cc(OC)c1OC.O=C1c2ccccc2C(=O)N1CCBr. The number of anilines is 1. The number of imide groups is 1. The lowest BCUT2D eigenvalue weighted by molar-refractivity contribution is 0.0665. The van der Waals surface area contributed by atoms with E-state index in [0.717, 1.165) is 0 Å². The molecule has 2 aromatic carbocycles. The number of benzene rings is 2. The summed E-state index contributed by atoms with van der Waals surface area (Å²) in [5.74, 6) is 1.31. The number of rotatable bonds is 5. The lowest BCUT2D eigenvalue weighted by Gasteiger charge is -2.12. The van der Waals surface area contributed by atoms with Crippen LogP contribution in [0, 0.1) is 0 Å². The molecule has 0 aliphatic carbocycles. The van der Waals surface area contributed by atoms with E-state index >= 15 is 0 Å². The second kappa shape index (κ2) is 9.27. The number of hydrogen-bond donors (Lipinski definition) is 1. The number of halogens is 1. The molecule has 0 saturated heterocycles. The van der Waals surface area contributed by atoms with Crippen molar-refractivity contribution in [3.63, 3.8) is 0 Å². The van der Waals surface area contributed by atoms with Gasteiger partial charge in [0, 0.05) is 29.7 Å². The number of nitrogens with two attached hydrogens (primary N) is 1. The summed E-state index contributed by atoms with van der Waals surface area (Å²) in [5, 5.41) is 0.610. The van der Waals surface area contributed by atoms with Crippen molar-refractivity contribution >= 4 is 33.4 Å². The molecule has 0 unspecified atom stereocenters. The summed E-state index contributed by atoms with van der Waals surface area (Å²) in [5.41, 5.74) is 7.22. The first-order chi connectivity index (χ1) is 13.0. The molecule has 0 bridgehead atoms. The predicted octanol–water partition coefficient (Wildman–Crippen LogP) is 2.97. The maximum atomic E-state index is 11.7. The molecule has 8 heteroatoms. The van der Waals surface area contributed by atoms with Gasteiger partial charge in [0.1, 0.15) is 0 Å². The number of ether oxygens (including phenoxy) is 3. The van der Waals surface area contributed by atoms with E-state index in [4.69, 9.17) is 19.9 Å². The van der Waals surface area contributed by atoms with E-state index < -0.39 is 0 Å². The molecule has 0 saturated carbocycles.